The van der Waals surface area contributed by atoms with Crippen LogP contribution in [0.3, 0.4) is 0 Å². The van der Waals surface area contributed by atoms with Gasteiger partial charge in [0.15, 0.2) is 0 Å². The molecule has 1 aliphatic rings. The van der Waals surface area contributed by atoms with Gasteiger partial charge in [-0.1, -0.05) is 30.3 Å². The maximum absolute atomic E-state index is 12.7. The summed E-state index contributed by atoms with van der Waals surface area (Å²) in [5.41, 5.74) is 6.07. The first kappa shape index (κ1) is 15.5. The molecule has 0 aromatic heterocycles. The zero-order valence-corrected chi connectivity index (χ0v) is 12.6. The molecular weight excluding hydrogens is 266 g/mol. The van der Waals surface area contributed by atoms with E-state index in [-0.39, 0.29) is 17.9 Å². The van der Waals surface area contributed by atoms with E-state index in [1.807, 2.05) is 30.3 Å². The van der Waals surface area contributed by atoms with Crippen LogP contribution in [0.4, 0.5) is 0 Å². The molecule has 1 aromatic carbocycles. The van der Waals surface area contributed by atoms with E-state index in [0.29, 0.717) is 13.1 Å². The molecule has 0 bridgehead atoms. The Morgan fingerprint density at radius 3 is 2.33 bits per heavy atom. The number of piperidine rings is 1. The molecule has 1 atom stereocenters. The minimum atomic E-state index is -1.01. The fourth-order valence-electron chi connectivity index (χ4n) is 2.75. The Morgan fingerprint density at radius 1 is 1.24 bits per heavy atom. The number of benzene rings is 1. The van der Waals surface area contributed by atoms with Gasteiger partial charge in [0.1, 0.15) is 5.54 Å². The maximum Gasteiger partial charge on any atom is 0.246 e. The zero-order valence-electron chi connectivity index (χ0n) is 12.6. The Labute approximate surface area is 125 Å². The predicted molar refractivity (Wildman–Crippen MR) is 81.4 cm³/mol. The Hall–Kier alpha value is -1.88. The standard InChI is InChI=1S/C16H23N3O2/c1-12(20)18-14-8-10-19(11-9-14)15(21)16(2,17)13-6-4-3-5-7-13/h3-7,14H,8-11,17H2,1-2H3,(H,18,20). The largest absolute Gasteiger partial charge is 0.353 e. The number of rotatable bonds is 3. The van der Waals surface area contributed by atoms with Crippen molar-refractivity contribution < 1.29 is 9.59 Å². The third kappa shape index (κ3) is 3.61. The van der Waals surface area contributed by atoms with Gasteiger partial charge in [0.2, 0.25) is 11.8 Å². The first-order valence-electron chi connectivity index (χ1n) is 7.32. The van der Waals surface area contributed by atoms with Crippen LogP contribution >= 0.6 is 0 Å². The van der Waals surface area contributed by atoms with Gasteiger partial charge in [0.25, 0.3) is 0 Å². The van der Waals surface area contributed by atoms with Crippen molar-refractivity contribution >= 4 is 11.8 Å². The lowest BCUT2D eigenvalue weighted by atomic mass is 9.90. The van der Waals surface area contributed by atoms with E-state index < -0.39 is 5.54 Å². The van der Waals surface area contributed by atoms with E-state index in [1.54, 1.807) is 11.8 Å². The van der Waals surface area contributed by atoms with Gasteiger partial charge in [-0.25, -0.2) is 0 Å². The highest BCUT2D eigenvalue weighted by molar-refractivity contribution is 5.87. The summed E-state index contributed by atoms with van der Waals surface area (Å²) in [6, 6.07) is 9.59. The molecule has 0 saturated carbocycles. The highest BCUT2D eigenvalue weighted by Gasteiger charge is 2.36. The van der Waals surface area contributed by atoms with Crippen LogP contribution in [0.5, 0.6) is 0 Å². The lowest BCUT2D eigenvalue weighted by Gasteiger charge is -2.37. The third-order valence-corrected chi connectivity index (χ3v) is 4.01. The zero-order chi connectivity index (χ0) is 15.5. The minimum Gasteiger partial charge on any atom is -0.353 e. The molecule has 0 radical (unpaired) electrons. The molecule has 2 rings (SSSR count). The molecule has 5 nitrogen and oxygen atoms in total. The fraction of sp³-hybridized carbons (Fsp3) is 0.500. The van der Waals surface area contributed by atoms with E-state index in [0.717, 1.165) is 18.4 Å². The number of nitrogens with zero attached hydrogens (tertiary/aromatic N) is 1. The summed E-state index contributed by atoms with van der Waals surface area (Å²) in [7, 11) is 0. The summed E-state index contributed by atoms with van der Waals surface area (Å²) in [6.45, 7) is 4.53. The predicted octanol–water partition coefficient (Wildman–Crippen LogP) is 0.988. The summed E-state index contributed by atoms with van der Waals surface area (Å²) < 4.78 is 0. The van der Waals surface area contributed by atoms with Gasteiger partial charge in [0, 0.05) is 26.1 Å². The fourth-order valence-corrected chi connectivity index (χ4v) is 2.75. The Kier molecular flexibility index (Phi) is 4.63. The first-order chi connectivity index (χ1) is 9.91. The summed E-state index contributed by atoms with van der Waals surface area (Å²) in [5.74, 6) is -0.0808. The third-order valence-electron chi connectivity index (χ3n) is 4.01. The quantitative estimate of drug-likeness (QED) is 0.871. The monoisotopic (exact) mass is 289 g/mol. The van der Waals surface area contributed by atoms with Crippen LogP contribution in [-0.4, -0.2) is 35.8 Å². The van der Waals surface area contributed by atoms with Gasteiger partial charge < -0.3 is 16.0 Å². The molecule has 1 unspecified atom stereocenters. The van der Waals surface area contributed by atoms with Gasteiger partial charge in [-0.05, 0) is 25.3 Å². The molecule has 3 N–H and O–H groups in total. The van der Waals surface area contributed by atoms with Crippen molar-refractivity contribution in [1.29, 1.82) is 0 Å². The number of nitrogens with two attached hydrogens (primary N) is 1. The lowest BCUT2D eigenvalue weighted by molar-refractivity contribution is -0.138. The summed E-state index contributed by atoms with van der Waals surface area (Å²) in [6.07, 6.45) is 1.55. The molecule has 21 heavy (non-hydrogen) atoms. The second kappa shape index (κ2) is 6.26. The van der Waals surface area contributed by atoms with Crippen molar-refractivity contribution in [1.82, 2.24) is 10.2 Å². The number of likely N-dealkylation sites (tertiary alicyclic amines) is 1. The molecule has 0 spiro atoms. The van der Waals surface area contributed by atoms with Crippen LogP contribution in [-0.2, 0) is 15.1 Å². The van der Waals surface area contributed by atoms with Crippen LogP contribution in [0.15, 0.2) is 30.3 Å². The Balaban J connectivity index is 2.00. The van der Waals surface area contributed by atoms with Crippen LogP contribution in [0.2, 0.25) is 0 Å². The van der Waals surface area contributed by atoms with Crippen LogP contribution < -0.4 is 11.1 Å². The van der Waals surface area contributed by atoms with E-state index in [1.165, 1.54) is 6.92 Å². The van der Waals surface area contributed by atoms with E-state index >= 15 is 0 Å². The summed E-state index contributed by atoms with van der Waals surface area (Å²) >= 11 is 0. The average Bonchev–Trinajstić information content (AvgIpc) is 2.47. The molecular formula is C16H23N3O2. The van der Waals surface area contributed by atoms with Gasteiger partial charge in [-0.3, -0.25) is 9.59 Å². The number of carbonyl (C=O) groups excluding carboxylic acids is 2. The van der Waals surface area contributed by atoms with Gasteiger partial charge in [-0.15, -0.1) is 0 Å². The summed E-state index contributed by atoms with van der Waals surface area (Å²) in [5, 5.41) is 2.90. The first-order valence-corrected chi connectivity index (χ1v) is 7.32. The van der Waals surface area contributed by atoms with Crippen LogP contribution in [0.25, 0.3) is 0 Å². The van der Waals surface area contributed by atoms with Crippen molar-refractivity contribution in [2.75, 3.05) is 13.1 Å². The van der Waals surface area contributed by atoms with Crippen molar-refractivity contribution in [2.45, 2.75) is 38.3 Å². The SMILES string of the molecule is CC(=O)NC1CCN(C(=O)C(C)(N)c2ccccc2)CC1. The number of hydrogen-bond acceptors (Lipinski definition) is 3. The molecule has 114 valence electrons. The Bertz CT molecular complexity index is 506. The molecule has 0 aliphatic carbocycles. The highest BCUT2D eigenvalue weighted by Crippen LogP contribution is 2.22. The number of nitrogens with one attached hydrogen (secondary N) is 1. The second-order valence-electron chi connectivity index (χ2n) is 5.84. The maximum atomic E-state index is 12.7. The number of carbonyl (C=O) groups is 2. The van der Waals surface area contributed by atoms with E-state index in [4.69, 9.17) is 5.73 Å². The minimum absolute atomic E-state index is 0.0206. The van der Waals surface area contributed by atoms with Crippen molar-refractivity contribution in [3.63, 3.8) is 0 Å². The topological polar surface area (TPSA) is 75.4 Å². The van der Waals surface area contributed by atoms with Crippen LogP contribution in [0.1, 0.15) is 32.3 Å². The second-order valence-corrected chi connectivity index (χ2v) is 5.84. The molecule has 1 fully saturated rings. The lowest BCUT2D eigenvalue weighted by Crippen LogP contribution is -2.54. The van der Waals surface area contributed by atoms with Crippen LogP contribution in [0, 0.1) is 0 Å². The van der Waals surface area contributed by atoms with Crippen molar-refractivity contribution in [3.8, 4) is 0 Å². The van der Waals surface area contributed by atoms with Crippen molar-refractivity contribution in [2.24, 2.45) is 5.73 Å². The summed E-state index contributed by atoms with van der Waals surface area (Å²) in [4.78, 5) is 25.5. The van der Waals surface area contributed by atoms with Gasteiger partial charge in [-0.2, -0.15) is 0 Å². The van der Waals surface area contributed by atoms with Crippen molar-refractivity contribution in [3.05, 3.63) is 35.9 Å². The molecule has 1 aromatic rings. The normalized spacial score (nSPS) is 18.9. The number of hydrogen-bond donors (Lipinski definition) is 2. The van der Waals surface area contributed by atoms with Gasteiger partial charge in [0.05, 0.1) is 0 Å². The molecule has 5 heteroatoms. The van der Waals surface area contributed by atoms with E-state index in [9.17, 15) is 9.59 Å². The van der Waals surface area contributed by atoms with E-state index in [2.05, 4.69) is 5.32 Å². The highest BCUT2D eigenvalue weighted by atomic mass is 16.2. The molecule has 1 aliphatic heterocycles. The number of amides is 2. The Morgan fingerprint density at radius 2 is 1.81 bits per heavy atom. The van der Waals surface area contributed by atoms with Gasteiger partial charge >= 0.3 is 0 Å². The smallest absolute Gasteiger partial charge is 0.246 e. The average molecular weight is 289 g/mol. The molecule has 1 heterocycles. The molecule has 2 amide bonds. The molecule has 1 saturated heterocycles.